The molecule has 0 unspecified atom stereocenters. The molecular formula is C15H10N8. The predicted octanol–water partition coefficient (Wildman–Crippen LogP) is 2.78. The molecule has 1 aromatic carbocycles. The number of nitrogen functional groups attached to an aromatic ring is 1. The summed E-state index contributed by atoms with van der Waals surface area (Å²) >= 11 is 0. The van der Waals surface area contributed by atoms with Crippen molar-refractivity contribution in [1.29, 1.82) is 10.5 Å². The summed E-state index contributed by atoms with van der Waals surface area (Å²) in [6.45, 7) is 1.73. The van der Waals surface area contributed by atoms with Crippen molar-refractivity contribution in [3.05, 3.63) is 47.3 Å². The van der Waals surface area contributed by atoms with E-state index < -0.39 is 0 Å². The zero-order valence-corrected chi connectivity index (χ0v) is 12.1. The fourth-order valence-corrected chi connectivity index (χ4v) is 2.07. The van der Waals surface area contributed by atoms with Crippen molar-refractivity contribution in [2.45, 2.75) is 6.92 Å². The van der Waals surface area contributed by atoms with Gasteiger partial charge >= 0.3 is 0 Å². The third-order valence-corrected chi connectivity index (χ3v) is 3.18. The molecule has 3 aromatic rings. The number of nitrogens with zero attached hydrogens (tertiary/aromatic N) is 7. The van der Waals surface area contributed by atoms with Crippen LogP contribution in [0.1, 0.15) is 17.0 Å². The van der Waals surface area contributed by atoms with Gasteiger partial charge in [-0.1, -0.05) is 18.2 Å². The standard InChI is InChI=1S/C15H10N8/c1-9-13(21-20-10-5-3-2-4-6-10)15-19-12(8-17)11(7-16)14(18)23(15)22-9/h2-6H,18H2,1H3. The minimum absolute atomic E-state index is 0.00551. The number of aromatic nitrogens is 3. The van der Waals surface area contributed by atoms with Gasteiger partial charge in [0.1, 0.15) is 23.5 Å². The molecule has 0 aliphatic rings. The molecule has 2 aromatic heterocycles. The van der Waals surface area contributed by atoms with Gasteiger partial charge in [0.25, 0.3) is 0 Å². The van der Waals surface area contributed by atoms with Gasteiger partial charge in [0.05, 0.1) is 11.4 Å². The van der Waals surface area contributed by atoms with Crippen LogP contribution >= 0.6 is 0 Å². The average molecular weight is 302 g/mol. The second kappa shape index (κ2) is 5.54. The fraction of sp³-hybridized carbons (Fsp3) is 0.0667. The van der Waals surface area contributed by atoms with Gasteiger partial charge in [-0.2, -0.15) is 25.3 Å². The van der Waals surface area contributed by atoms with Crippen molar-refractivity contribution in [1.82, 2.24) is 14.6 Å². The predicted molar refractivity (Wildman–Crippen MR) is 82.2 cm³/mol. The summed E-state index contributed by atoms with van der Waals surface area (Å²) < 4.78 is 1.30. The van der Waals surface area contributed by atoms with Gasteiger partial charge in [0.2, 0.25) is 0 Å². The highest BCUT2D eigenvalue weighted by Gasteiger charge is 2.18. The van der Waals surface area contributed by atoms with Gasteiger partial charge in [0, 0.05) is 0 Å². The molecule has 0 spiro atoms. The average Bonchev–Trinajstić information content (AvgIpc) is 2.89. The highest BCUT2D eigenvalue weighted by Crippen LogP contribution is 2.29. The van der Waals surface area contributed by atoms with E-state index >= 15 is 0 Å². The van der Waals surface area contributed by atoms with E-state index in [2.05, 4.69) is 20.3 Å². The minimum Gasteiger partial charge on any atom is -0.382 e. The molecule has 0 radical (unpaired) electrons. The fourth-order valence-electron chi connectivity index (χ4n) is 2.07. The first kappa shape index (κ1) is 14.2. The van der Waals surface area contributed by atoms with Crippen molar-refractivity contribution in [2.75, 3.05) is 5.73 Å². The molecule has 0 fully saturated rings. The van der Waals surface area contributed by atoms with Crippen LogP contribution in [0.15, 0.2) is 40.6 Å². The molecule has 0 atom stereocenters. The lowest BCUT2D eigenvalue weighted by Gasteiger charge is -2.02. The molecule has 2 N–H and O–H groups in total. The second-order valence-electron chi connectivity index (χ2n) is 4.65. The van der Waals surface area contributed by atoms with Crippen LogP contribution in [0.5, 0.6) is 0 Å². The molecule has 8 nitrogen and oxygen atoms in total. The number of fused-ring (bicyclic) bond motifs is 1. The Bertz CT molecular complexity index is 1000. The van der Waals surface area contributed by atoms with Crippen LogP contribution in [0.2, 0.25) is 0 Å². The van der Waals surface area contributed by atoms with Gasteiger partial charge in [-0.25, -0.2) is 4.98 Å². The lowest BCUT2D eigenvalue weighted by molar-refractivity contribution is 0.922. The largest absolute Gasteiger partial charge is 0.382 e. The van der Waals surface area contributed by atoms with Crippen molar-refractivity contribution in [3.8, 4) is 12.1 Å². The molecule has 8 heteroatoms. The Kier molecular flexibility index (Phi) is 3.41. The smallest absolute Gasteiger partial charge is 0.186 e. The number of aryl methyl sites for hydroxylation is 1. The topological polar surface area (TPSA) is 129 Å². The van der Waals surface area contributed by atoms with E-state index in [0.29, 0.717) is 17.1 Å². The first-order valence-corrected chi connectivity index (χ1v) is 6.61. The molecule has 110 valence electrons. The Labute approximate surface area is 131 Å². The Morgan fingerprint density at radius 1 is 1.13 bits per heavy atom. The molecule has 23 heavy (non-hydrogen) atoms. The third kappa shape index (κ3) is 2.34. The Hall–Kier alpha value is -3.78. The number of nitrogens with two attached hydrogens (primary N) is 1. The Morgan fingerprint density at radius 2 is 1.87 bits per heavy atom. The number of nitriles is 2. The summed E-state index contributed by atoms with van der Waals surface area (Å²) in [5, 5.41) is 30.8. The van der Waals surface area contributed by atoms with Gasteiger partial charge in [-0.3, -0.25) is 0 Å². The number of benzene rings is 1. The number of hydrogen-bond acceptors (Lipinski definition) is 7. The summed E-state index contributed by atoms with van der Waals surface area (Å²) in [5.41, 5.74) is 7.75. The molecule has 0 aliphatic heterocycles. The Morgan fingerprint density at radius 3 is 2.52 bits per heavy atom. The van der Waals surface area contributed by atoms with Crippen LogP contribution in [-0.2, 0) is 0 Å². The summed E-state index contributed by atoms with van der Waals surface area (Å²) in [6.07, 6.45) is 0. The molecular weight excluding hydrogens is 292 g/mol. The quantitative estimate of drug-likeness (QED) is 0.727. The van der Waals surface area contributed by atoms with Gasteiger partial charge in [-0.15, -0.1) is 5.11 Å². The molecule has 3 rings (SSSR count). The van der Waals surface area contributed by atoms with Gasteiger partial charge in [0.15, 0.2) is 17.0 Å². The zero-order valence-electron chi connectivity index (χ0n) is 12.1. The summed E-state index contributed by atoms with van der Waals surface area (Å²) in [5.74, 6) is 0.0540. The molecule has 0 amide bonds. The van der Waals surface area contributed by atoms with Crippen LogP contribution in [0.4, 0.5) is 17.2 Å². The van der Waals surface area contributed by atoms with E-state index in [0.717, 1.165) is 0 Å². The van der Waals surface area contributed by atoms with E-state index in [-0.39, 0.29) is 22.7 Å². The zero-order chi connectivity index (χ0) is 16.4. The van der Waals surface area contributed by atoms with E-state index in [4.69, 9.17) is 16.3 Å². The lowest BCUT2D eigenvalue weighted by Crippen LogP contribution is -2.06. The van der Waals surface area contributed by atoms with Crippen LogP contribution in [0.3, 0.4) is 0 Å². The molecule has 2 heterocycles. The van der Waals surface area contributed by atoms with Crippen molar-refractivity contribution in [2.24, 2.45) is 10.2 Å². The monoisotopic (exact) mass is 302 g/mol. The minimum atomic E-state index is -0.0615. The van der Waals surface area contributed by atoms with Gasteiger partial charge in [-0.05, 0) is 19.1 Å². The number of azo groups is 1. The van der Waals surface area contributed by atoms with Crippen LogP contribution in [0, 0.1) is 29.6 Å². The van der Waals surface area contributed by atoms with Crippen molar-refractivity contribution in [3.63, 3.8) is 0 Å². The SMILES string of the molecule is Cc1nn2c(N)c(C#N)c(C#N)nc2c1N=Nc1ccccc1. The van der Waals surface area contributed by atoms with E-state index in [1.165, 1.54) is 4.52 Å². The van der Waals surface area contributed by atoms with E-state index in [9.17, 15) is 0 Å². The van der Waals surface area contributed by atoms with Crippen LogP contribution < -0.4 is 5.73 Å². The lowest BCUT2D eigenvalue weighted by atomic mass is 10.2. The Balaban J connectivity index is 2.21. The molecule has 0 aliphatic carbocycles. The van der Waals surface area contributed by atoms with E-state index in [1.807, 2.05) is 30.3 Å². The maximum atomic E-state index is 9.14. The maximum Gasteiger partial charge on any atom is 0.186 e. The molecule has 0 saturated carbocycles. The number of hydrogen-bond donors (Lipinski definition) is 1. The normalized spacial score (nSPS) is 10.7. The number of anilines is 1. The maximum absolute atomic E-state index is 9.14. The van der Waals surface area contributed by atoms with Gasteiger partial charge < -0.3 is 5.73 Å². The summed E-state index contributed by atoms with van der Waals surface area (Å²) in [7, 11) is 0. The first-order chi connectivity index (χ1) is 11.2. The van der Waals surface area contributed by atoms with Crippen molar-refractivity contribution >= 4 is 22.8 Å². The number of rotatable bonds is 2. The highest BCUT2D eigenvalue weighted by atomic mass is 15.3. The molecule has 0 saturated heterocycles. The van der Waals surface area contributed by atoms with Crippen LogP contribution in [0.25, 0.3) is 5.65 Å². The summed E-state index contributed by atoms with van der Waals surface area (Å²) in [6, 6.07) is 12.9. The van der Waals surface area contributed by atoms with Crippen molar-refractivity contribution < 1.29 is 0 Å². The van der Waals surface area contributed by atoms with E-state index in [1.54, 1.807) is 19.1 Å². The molecule has 0 bridgehead atoms. The summed E-state index contributed by atoms with van der Waals surface area (Å²) in [4.78, 5) is 4.14. The first-order valence-electron chi connectivity index (χ1n) is 6.61. The third-order valence-electron chi connectivity index (χ3n) is 3.18. The van der Waals surface area contributed by atoms with Crippen LogP contribution in [-0.4, -0.2) is 14.6 Å². The second-order valence-corrected chi connectivity index (χ2v) is 4.65. The highest BCUT2D eigenvalue weighted by molar-refractivity contribution is 5.72.